The van der Waals surface area contributed by atoms with Crippen LogP contribution >= 0.6 is 0 Å². The second kappa shape index (κ2) is 15.8. The van der Waals surface area contributed by atoms with Crippen LogP contribution in [0.4, 0.5) is 15.8 Å². The molecule has 1 aliphatic rings. The Kier molecular flexibility index (Phi) is 11.0. The smallest absolute Gasteiger partial charge is 0.350 e. The summed E-state index contributed by atoms with van der Waals surface area (Å²) in [6.45, 7) is 7.05. The maximum Gasteiger partial charge on any atom is 0.350 e. The molecule has 1 heterocycles. The van der Waals surface area contributed by atoms with Crippen molar-refractivity contribution in [3.63, 3.8) is 0 Å². The molecule has 1 fully saturated rings. The van der Waals surface area contributed by atoms with Crippen molar-refractivity contribution >= 4 is 17.3 Å². The quantitative estimate of drug-likeness (QED) is 0.129. The Morgan fingerprint density at radius 1 is 0.961 bits per heavy atom. The summed E-state index contributed by atoms with van der Waals surface area (Å²) in [4.78, 5) is 29.8. The standard InChI is InChI=1S/C41H47FN6O3/c1-27-22-33(43)20-21-36(27)44-40(49)34-23-35(42)37(24-38(34)51-29(3)32-18-12-7-13-19-32)48-41(50)46(4)39(45-48)28(2)47(25-30-14-8-5-9-15-30)26-31-16-10-6-11-17-31/h5-6,8-11,14-17,20-24,28-29,32H,7,12-13,18-19,25-26,43H2,1-4H3,(H,44,49)/t28-,29?/m1/s1. The highest BCUT2D eigenvalue weighted by Crippen LogP contribution is 2.33. The van der Waals surface area contributed by atoms with Gasteiger partial charge in [0.05, 0.1) is 17.7 Å². The van der Waals surface area contributed by atoms with E-state index >= 15 is 4.39 Å². The lowest BCUT2D eigenvalue weighted by Gasteiger charge is -2.29. The predicted molar refractivity (Wildman–Crippen MR) is 200 cm³/mol. The van der Waals surface area contributed by atoms with E-state index in [2.05, 4.69) is 34.5 Å². The Balaban J connectivity index is 1.37. The first kappa shape index (κ1) is 35.6. The number of hydrogen-bond acceptors (Lipinski definition) is 6. The zero-order valence-electron chi connectivity index (χ0n) is 29.8. The van der Waals surface area contributed by atoms with Crippen molar-refractivity contribution in [1.29, 1.82) is 0 Å². The second-order valence-electron chi connectivity index (χ2n) is 13.7. The van der Waals surface area contributed by atoms with Gasteiger partial charge in [-0.15, -0.1) is 5.10 Å². The third-order valence-corrected chi connectivity index (χ3v) is 10.0. The first-order chi connectivity index (χ1) is 24.6. The summed E-state index contributed by atoms with van der Waals surface area (Å²) in [7, 11) is 1.65. The number of rotatable bonds is 12. The molecular weight excluding hydrogens is 643 g/mol. The molecule has 266 valence electrons. The van der Waals surface area contributed by atoms with Crippen LogP contribution in [0.3, 0.4) is 0 Å². The summed E-state index contributed by atoms with van der Waals surface area (Å²) in [6.07, 6.45) is 5.24. The number of nitrogens with one attached hydrogen (secondary N) is 1. The van der Waals surface area contributed by atoms with Crippen LogP contribution in [0.1, 0.15) is 84.9 Å². The summed E-state index contributed by atoms with van der Waals surface area (Å²) in [5, 5.41) is 7.62. The van der Waals surface area contributed by atoms with E-state index in [0.29, 0.717) is 36.2 Å². The average Bonchev–Trinajstić information content (AvgIpc) is 3.43. The van der Waals surface area contributed by atoms with Gasteiger partial charge in [-0.1, -0.05) is 79.9 Å². The Hall–Kier alpha value is -5.22. The van der Waals surface area contributed by atoms with E-state index in [1.54, 1.807) is 25.2 Å². The lowest BCUT2D eigenvalue weighted by atomic mass is 9.86. The number of nitrogens with zero attached hydrogens (tertiary/aromatic N) is 4. The molecule has 5 aromatic rings. The highest BCUT2D eigenvalue weighted by Gasteiger charge is 2.28. The number of carbonyl (C=O) groups is 1. The Labute approximate surface area is 298 Å². The fourth-order valence-corrected chi connectivity index (χ4v) is 7.00. The van der Waals surface area contributed by atoms with Crippen LogP contribution in [0.25, 0.3) is 5.69 Å². The van der Waals surface area contributed by atoms with E-state index in [9.17, 15) is 9.59 Å². The number of nitrogen functional groups attached to an aromatic ring is 1. The lowest BCUT2D eigenvalue weighted by Crippen LogP contribution is -2.29. The zero-order valence-corrected chi connectivity index (χ0v) is 29.8. The maximum atomic E-state index is 16.2. The highest BCUT2D eigenvalue weighted by atomic mass is 19.1. The molecule has 6 rings (SSSR count). The average molecular weight is 691 g/mol. The monoisotopic (exact) mass is 690 g/mol. The third-order valence-electron chi connectivity index (χ3n) is 10.0. The van der Waals surface area contributed by atoms with Crippen LogP contribution in [-0.2, 0) is 20.1 Å². The number of anilines is 2. The number of hydrogen-bond donors (Lipinski definition) is 2. The number of halogens is 1. The summed E-state index contributed by atoms with van der Waals surface area (Å²) in [5.41, 5.74) is 9.50. The molecule has 0 aliphatic heterocycles. The van der Waals surface area contributed by atoms with E-state index in [4.69, 9.17) is 15.6 Å². The summed E-state index contributed by atoms with van der Waals surface area (Å²) >= 11 is 0. The number of carbonyl (C=O) groups excluding carboxylic acids is 1. The topological polar surface area (TPSA) is 107 Å². The molecule has 1 unspecified atom stereocenters. The van der Waals surface area contributed by atoms with Gasteiger partial charge in [0.15, 0.2) is 5.82 Å². The maximum absolute atomic E-state index is 16.2. The SMILES string of the molecule is Cc1cc(N)ccc1NC(=O)c1cc(F)c(-n2nc([C@@H](C)N(Cc3ccccc3)Cc3ccccc3)n(C)c2=O)cc1OC(C)C1CCCCC1. The fourth-order valence-electron chi connectivity index (χ4n) is 7.00. The Morgan fingerprint density at radius 3 is 2.20 bits per heavy atom. The van der Waals surface area contributed by atoms with Crippen molar-refractivity contribution in [2.24, 2.45) is 13.0 Å². The predicted octanol–water partition coefficient (Wildman–Crippen LogP) is 7.96. The molecule has 1 amide bonds. The summed E-state index contributed by atoms with van der Waals surface area (Å²) in [5.74, 6) is -0.328. The molecular formula is C41H47FN6O3. The van der Waals surface area contributed by atoms with E-state index in [0.717, 1.165) is 53.1 Å². The summed E-state index contributed by atoms with van der Waals surface area (Å²) in [6, 6.07) is 27.7. The number of aryl methyl sites for hydroxylation is 1. The first-order valence-corrected chi connectivity index (χ1v) is 17.7. The van der Waals surface area contributed by atoms with Crippen LogP contribution in [0.15, 0.2) is 95.8 Å². The molecule has 1 aliphatic carbocycles. The molecule has 4 aromatic carbocycles. The van der Waals surface area contributed by atoms with E-state index in [1.165, 1.54) is 17.1 Å². The van der Waals surface area contributed by atoms with Crippen molar-refractivity contribution in [1.82, 2.24) is 19.2 Å². The van der Waals surface area contributed by atoms with Crippen LogP contribution in [0, 0.1) is 18.7 Å². The molecule has 2 atom stereocenters. The number of amides is 1. The van der Waals surface area contributed by atoms with Crippen LogP contribution in [0.2, 0.25) is 0 Å². The number of nitrogens with two attached hydrogens (primary N) is 1. The van der Waals surface area contributed by atoms with E-state index in [1.807, 2.05) is 57.2 Å². The molecule has 0 saturated heterocycles. The molecule has 9 nitrogen and oxygen atoms in total. The van der Waals surface area contributed by atoms with Gasteiger partial charge in [-0.3, -0.25) is 14.3 Å². The van der Waals surface area contributed by atoms with Gasteiger partial charge in [0.1, 0.15) is 17.3 Å². The molecule has 0 bridgehead atoms. The van der Waals surface area contributed by atoms with Gasteiger partial charge in [0.25, 0.3) is 5.91 Å². The number of benzene rings is 4. The normalized spacial score (nSPS) is 14.7. The van der Waals surface area contributed by atoms with Gasteiger partial charge >= 0.3 is 5.69 Å². The lowest BCUT2D eigenvalue weighted by molar-refractivity contribution is 0.0997. The molecule has 1 saturated carbocycles. The van der Waals surface area contributed by atoms with Gasteiger partial charge in [0.2, 0.25) is 0 Å². The first-order valence-electron chi connectivity index (χ1n) is 17.7. The zero-order chi connectivity index (χ0) is 36.1. The molecule has 3 N–H and O–H groups in total. The van der Waals surface area contributed by atoms with Gasteiger partial charge < -0.3 is 15.8 Å². The number of aromatic nitrogens is 3. The third kappa shape index (κ3) is 8.23. The molecule has 10 heteroatoms. The molecule has 0 spiro atoms. The largest absolute Gasteiger partial charge is 0.490 e. The van der Waals surface area contributed by atoms with Crippen LogP contribution in [-0.4, -0.2) is 31.3 Å². The van der Waals surface area contributed by atoms with Crippen molar-refractivity contribution < 1.29 is 13.9 Å². The van der Waals surface area contributed by atoms with Crippen molar-refractivity contribution in [2.45, 2.75) is 78.1 Å². The van der Waals surface area contributed by atoms with Crippen LogP contribution < -0.4 is 21.5 Å². The van der Waals surface area contributed by atoms with E-state index < -0.39 is 17.4 Å². The van der Waals surface area contributed by atoms with E-state index in [-0.39, 0.29) is 29.1 Å². The minimum atomic E-state index is -0.767. The fraction of sp³-hybridized carbons (Fsp3) is 0.341. The van der Waals surface area contributed by atoms with Gasteiger partial charge in [0, 0.05) is 37.6 Å². The molecule has 0 radical (unpaired) electrons. The summed E-state index contributed by atoms with van der Waals surface area (Å²) < 4.78 is 25.3. The minimum absolute atomic E-state index is 0.0320. The van der Waals surface area contributed by atoms with Crippen molar-refractivity contribution in [3.8, 4) is 11.4 Å². The van der Waals surface area contributed by atoms with Crippen molar-refractivity contribution in [2.75, 3.05) is 11.1 Å². The minimum Gasteiger partial charge on any atom is -0.490 e. The van der Waals surface area contributed by atoms with Crippen molar-refractivity contribution in [3.05, 3.63) is 135 Å². The Bertz CT molecular complexity index is 1980. The Morgan fingerprint density at radius 2 is 1.59 bits per heavy atom. The van der Waals surface area contributed by atoms with Gasteiger partial charge in [-0.05, 0) is 80.5 Å². The highest BCUT2D eigenvalue weighted by molar-refractivity contribution is 6.06. The van der Waals surface area contributed by atoms with Crippen LogP contribution in [0.5, 0.6) is 5.75 Å². The molecule has 51 heavy (non-hydrogen) atoms. The number of ether oxygens (including phenoxy) is 1. The second-order valence-corrected chi connectivity index (χ2v) is 13.7. The molecule has 1 aromatic heterocycles. The van der Waals surface area contributed by atoms with Gasteiger partial charge in [-0.25, -0.2) is 9.18 Å². The van der Waals surface area contributed by atoms with Gasteiger partial charge in [-0.2, -0.15) is 4.68 Å².